The highest BCUT2D eigenvalue weighted by molar-refractivity contribution is 5.75. The number of rotatable bonds is 3. The van der Waals surface area contributed by atoms with Crippen LogP contribution in [0.5, 0.6) is 0 Å². The van der Waals surface area contributed by atoms with Crippen molar-refractivity contribution in [3.63, 3.8) is 0 Å². The highest BCUT2D eigenvalue weighted by Gasteiger charge is 2.34. The number of halogens is 1. The van der Waals surface area contributed by atoms with Crippen LogP contribution in [0.15, 0.2) is 12.1 Å². The molecule has 2 unspecified atom stereocenters. The van der Waals surface area contributed by atoms with Gasteiger partial charge in [-0.1, -0.05) is 6.07 Å². The zero-order chi connectivity index (χ0) is 14.7. The topological polar surface area (TPSA) is 65.5 Å². The molecule has 0 saturated carbocycles. The van der Waals surface area contributed by atoms with Gasteiger partial charge >= 0.3 is 6.03 Å². The molecule has 0 bridgehead atoms. The van der Waals surface area contributed by atoms with Gasteiger partial charge in [0.05, 0.1) is 31.4 Å². The van der Waals surface area contributed by atoms with Crippen LogP contribution >= 0.6 is 0 Å². The normalized spacial score (nSPS) is 22.1. The first-order chi connectivity index (χ1) is 9.51. The number of hydrogen-bond donors (Lipinski definition) is 2. The van der Waals surface area contributed by atoms with Crippen molar-refractivity contribution in [2.45, 2.75) is 39.0 Å². The second-order valence-electron chi connectivity index (χ2n) is 5.19. The van der Waals surface area contributed by atoms with E-state index in [2.05, 4.69) is 10.3 Å². The largest absolute Gasteiger partial charge is 0.394 e. The number of nitrogens with zero attached hydrogens (tertiary/aromatic N) is 2. The number of aliphatic hydroxyl groups excluding tert-OH is 1. The quantitative estimate of drug-likeness (QED) is 0.878. The number of carbonyl (C=O) groups is 1. The Morgan fingerprint density at radius 2 is 2.30 bits per heavy atom. The van der Waals surface area contributed by atoms with E-state index in [4.69, 9.17) is 5.11 Å². The van der Waals surface area contributed by atoms with Crippen molar-refractivity contribution >= 4 is 6.03 Å². The lowest BCUT2D eigenvalue weighted by Gasteiger charge is -2.22. The van der Waals surface area contributed by atoms with E-state index in [9.17, 15) is 9.18 Å². The van der Waals surface area contributed by atoms with Crippen LogP contribution in [0.25, 0.3) is 0 Å². The van der Waals surface area contributed by atoms with Gasteiger partial charge in [0.15, 0.2) is 0 Å². The predicted molar refractivity (Wildman–Crippen MR) is 73.0 cm³/mol. The van der Waals surface area contributed by atoms with E-state index < -0.39 is 12.2 Å². The summed E-state index contributed by atoms with van der Waals surface area (Å²) >= 11 is 0. The first-order valence-corrected chi connectivity index (χ1v) is 6.73. The minimum Gasteiger partial charge on any atom is -0.394 e. The summed E-state index contributed by atoms with van der Waals surface area (Å²) in [6.07, 6.45) is -0.858. The Labute approximate surface area is 117 Å². The Morgan fingerprint density at radius 3 is 2.95 bits per heavy atom. The standard InChI is InChI=1S/C14H20FN3O2/c1-9-3-4-12(17-10(9)2)6-16-14(20)18-7-11(15)5-13(18)8-19/h3-4,11,13,19H,5-8H2,1-2H3,(H,16,20). The average molecular weight is 281 g/mol. The number of aryl methyl sites for hydroxylation is 2. The van der Waals surface area contributed by atoms with Gasteiger partial charge in [0, 0.05) is 12.1 Å². The maximum atomic E-state index is 13.3. The van der Waals surface area contributed by atoms with Gasteiger partial charge in [-0.2, -0.15) is 0 Å². The maximum absolute atomic E-state index is 13.3. The van der Waals surface area contributed by atoms with Crippen molar-refractivity contribution in [2.75, 3.05) is 13.2 Å². The van der Waals surface area contributed by atoms with Crippen molar-refractivity contribution < 1.29 is 14.3 Å². The van der Waals surface area contributed by atoms with Crippen LogP contribution in [0, 0.1) is 13.8 Å². The number of urea groups is 1. The van der Waals surface area contributed by atoms with E-state index in [1.165, 1.54) is 4.90 Å². The summed E-state index contributed by atoms with van der Waals surface area (Å²) in [5.41, 5.74) is 2.79. The van der Waals surface area contributed by atoms with Crippen molar-refractivity contribution in [2.24, 2.45) is 0 Å². The van der Waals surface area contributed by atoms with Crippen molar-refractivity contribution in [1.82, 2.24) is 15.2 Å². The average Bonchev–Trinajstić information content (AvgIpc) is 2.81. The lowest BCUT2D eigenvalue weighted by atomic mass is 10.2. The number of aliphatic hydroxyl groups is 1. The zero-order valence-corrected chi connectivity index (χ0v) is 11.8. The summed E-state index contributed by atoms with van der Waals surface area (Å²) in [6.45, 7) is 4.01. The Kier molecular flexibility index (Phi) is 4.54. The molecule has 5 nitrogen and oxygen atoms in total. The van der Waals surface area contributed by atoms with Crippen molar-refractivity contribution in [3.05, 3.63) is 29.1 Å². The van der Waals surface area contributed by atoms with Crippen molar-refractivity contribution in [1.29, 1.82) is 0 Å². The van der Waals surface area contributed by atoms with Gasteiger partial charge in [-0.15, -0.1) is 0 Å². The van der Waals surface area contributed by atoms with Crippen LogP contribution in [0.3, 0.4) is 0 Å². The number of amides is 2. The molecule has 2 atom stereocenters. The van der Waals surface area contributed by atoms with Gasteiger partial charge in [-0.3, -0.25) is 4.98 Å². The molecule has 0 aromatic carbocycles. The Morgan fingerprint density at radius 1 is 1.55 bits per heavy atom. The molecule has 110 valence electrons. The molecule has 2 rings (SSSR count). The third kappa shape index (κ3) is 3.25. The van der Waals surface area contributed by atoms with E-state index in [1.54, 1.807) is 0 Å². The lowest BCUT2D eigenvalue weighted by Crippen LogP contribution is -2.44. The summed E-state index contributed by atoms with van der Waals surface area (Å²) in [5, 5.41) is 11.9. The molecular weight excluding hydrogens is 261 g/mol. The molecule has 0 spiro atoms. The number of alkyl halides is 1. The van der Waals surface area contributed by atoms with Gasteiger partial charge in [0.2, 0.25) is 0 Å². The fraction of sp³-hybridized carbons (Fsp3) is 0.571. The van der Waals surface area contributed by atoms with Crippen LogP contribution in [0.2, 0.25) is 0 Å². The molecule has 1 fully saturated rings. The molecule has 1 aromatic heterocycles. The van der Waals surface area contributed by atoms with Gasteiger partial charge in [0.25, 0.3) is 0 Å². The van der Waals surface area contributed by atoms with Crippen LogP contribution < -0.4 is 5.32 Å². The lowest BCUT2D eigenvalue weighted by molar-refractivity contribution is 0.156. The molecule has 2 N–H and O–H groups in total. The minimum absolute atomic E-state index is 0.0391. The molecule has 1 aromatic rings. The number of nitrogens with one attached hydrogen (secondary N) is 1. The monoisotopic (exact) mass is 281 g/mol. The van der Waals surface area contributed by atoms with E-state index in [0.717, 1.165) is 17.0 Å². The van der Waals surface area contributed by atoms with Crippen molar-refractivity contribution in [3.8, 4) is 0 Å². The molecule has 1 aliphatic heterocycles. The van der Waals surface area contributed by atoms with Crippen LogP contribution in [0.1, 0.15) is 23.4 Å². The van der Waals surface area contributed by atoms with Gasteiger partial charge < -0.3 is 15.3 Å². The summed E-state index contributed by atoms with van der Waals surface area (Å²) in [7, 11) is 0. The number of hydrogen-bond acceptors (Lipinski definition) is 3. The smallest absolute Gasteiger partial charge is 0.318 e. The van der Waals surface area contributed by atoms with E-state index in [0.29, 0.717) is 6.54 Å². The van der Waals surface area contributed by atoms with Gasteiger partial charge in [-0.05, 0) is 25.5 Å². The Hall–Kier alpha value is -1.69. The molecule has 1 aliphatic rings. The molecule has 6 heteroatoms. The summed E-state index contributed by atoms with van der Waals surface area (Å²) in [5.74, 6) is 0. The second-order valence-corrected chi connectivity index (χ2v) is 5.19. The van der Waals surface area contributed by atoms with Crippen LogP contribution in [-0.4, -0.2) is 46.4 Å². The Bertz CT molecular complexity index is 495. The number of carbonyl (C=O) groups excluding carboxylic acids is 1. The fourth-order valence-electron chi connectivity index (χ4n) is 2.33. The third-order valence-electron chi connectivity index (χ3n) is 3.66. The molecule has 20 heavy (non-hydrogen) atoms. The number of likely N-dealkylation sites (tertiary alicyclic amines) is 1. The fourth-order valence-corrected chi connectivity index (χ4v) is 2.33. The van der Waals surface area contributed by atoms with E-state index in [1.807, 2.05) is 26.0 Å². The predicted octanol–water partition coefficient (Wildman–Crippen LogP) is 1.31. The summed E-state index contributed by atoms with van der Waals surface area (Å²) < 4.78 is 13.3. The SMILES string of the molecule is Cc1ccc(CNC(=O)N2CC(F)CC2CO)nc1C. The van der Waals surface area contributed by atoms with Crippen LogP contribution in [0.4, 0.5) is 9.18 Å². The molecule has 2 heterocycles. The third-order valence-corrected chi connectivity index (χ3v) is 3.66. The maximum Gasteiger partial charge on any atom is 0.318 e. The highest BCUT2D eigenvalue weighted by atomic mass is 19.1. The molecule has 2 amide bonds. The zero-order valence-electron chi connectivity index (χ0n) is 11.8. The second kappa shape index (κ2) is 6.17. The summed E-state index contributed by atoms with van der Waals surface area (Å²) in [6, 6.07) is 3.02. The Balaban J connectivity index is 1.93. The molecular formula is C14H20FN3O2. The van der Waals surface area contributed by atoms with Crippen LogP contribution in [-0.2, 0) is 6.54 Å². The van der Waals surface area contributed by atoms with Gasteiger partial charge in [-0.25, -0.2) is 9.18 Å². The molecule has 0 radical (unpaired) electrons. The summed E-state index contributed by atoms with van der Waals surface area (Å²) in [4.78, 5) is 17.7. The first-order valence-electron chi connectivity index (χ1n) is 6.73. The molecule has 0 aliphatic carbocycles. The number of pyridine rings is 1. The van der Waals surface area contributed by atoms with E-state index in [-0.39, 0.29) is 25.6 Å². The first kappa shape index (κ1) is 14.7. The van der Waals surface area contributed by atoms with Gasteiger partial charge in [0.1, 0.15) is 6.17 Å². The van der Waals surface area contributed by atoms with E-state index >= 15 is 0 Å². The molecule has 1 saturated heterocycles. The highest BCUT2D eigenvalue weighted by Crippen LogP contribution is 2.20. The minimum atomic E-state index is -1.06. The number of aromatic nitrogens is 1.